The molecule has 0 N–H and O–H groups in total. The molecular formula is C30H26F3N3O3. The summed E-state index contributed by atoms with van der Waals surface area (Å²) in [5.41, 5.74) is -0.933. The highest BCUT2D eigenvalue weighted by molar-refractivity contribution is 6.19. The first-order valence-electron chi connectivity index (χ1n) is 11.9. The number of amides is 4. The molecule has 2 heterocycles. The number of anilines is 1. The number of rotatable bonds is 3. The predicted molar refractivity (Wildman–Crippen MR) is 140 cm³/mol. The van der Waals surface area contributed by atoms with Crippen LogP contribution in [-0.2, 0) is 16.1 Å². The summed E-state index contributed by atoms with van der Waals surface area (Å²) in [6.07, 6.45) is -0.452. The molecule has 2 saturated heterocycles. The number of carbonyl (C=O) groups is 3. The fourth-order valence-electron chi connectivity index (χ4n) is 4.80. The van der Waals surface area contributed by atoms with Crippen molar-refractivity contribution in [3.8, 4) is 11.8 Å². The lowest BCUT2D eigenvalue weighted by molar-refractivity contribution is -0.152. The maximum atomic E-state index is 15.1. The Hall–Kier alpha value is -4.58. The van der Waals surface area contributed by atoms with Crippen molar-refractivity contribution >= 4 is 23.5 Å². The van der Waals surface area contributed by atoms with Crippen molar-refractivity contribution in [1.82, 2.24) is 9.80 Å². The minimum atomic E-state index is -1.52. The van der Waals surface area contributed by atoms with E-state index in [4.69, 9.17) is 0 Å². The smallest absolute Gasteiger partial charge is 0.332 e. The Balaban J connectivity index is 0.00000353. The van der Waals surface area contributed by atoms with Gasteiger partial charge >= 0.3 is 6.03 Å². The van der Waals surface area contributed by atoms with E-state index in [9.17, 15) is 18.8 Å². The SMILES string of the molecule is C.C[C@@]12CC(=O)N(c3c(F)cc(C#Cc4ccccc4)cc3F)C(=O)N1CCN(Cc1ccc(F)cc1)C2=O. The van der Waals surface area contributed by atoms with E-state index >= 15 is 8.78 Å². The number of carbonyl (C=O) groups excluding carboxylic acids is 3. The molecule has 0 radical (unpaired) electrons. The summed E-state index contributed by atoms with van der Waals surface area (Å²) < 4.78 is 43.5. The van der Waals surface area contributed by atoms with E-state index in [0.717, 1.165) is 12.1 Å². The van der Waals surface area contributed by atoms with Crippen LogP contribution in [0.2, 0.25) is 0 Å². The van der Waals surface area contributed by atoms with Gasteiger partial charge in [-0.05, 0) is 48.9 Å². The molecule has 3 aromatic carbocycles. The Morgan fingerprint density at radius 1 is 0.846 bits per heavy atom. The van der Waals surface area contributed by atoms with Gasteiger partial charge in [0.15, 0.2) is 11.6 Å². The number of hydrogen-bond acceptors (Lipinski definition) is 3. The van der Waals surface area contributed by atoms with Crippen molar-refractivity contribution in [2.45, 2.75) is 32.9 Å². The molecular weight excluding hydrogens is 507 g/mol. The Bertz CT molecular complexity index is 1480. The van der Waals surface area contributed by atoms with E-state index in [1.165, 1.54) is 28.9 Å². The zero-order valence-corrected chi connectivity index (χ0v) is 20.4. The van der Waals surface area contributed by atoms with Gasteiger partial charge in [0.2, 0.25) is 11.8 Å². The Kier molecular flexibility index (Phi) is 7.50. The van der Waals surface area contributed by atoms with Gasteiger partial charge in [-0.2, -0.15) is 0 Å². The normalized spacial score (nSPS) is 18.8. The number of hydrogen-bond donors (Lipinski definition) is 0. The van der Waals surface area contributed by atoms with Crippen molar-refractivity contribution < 1.29 is 27.6 Å². The number of benzene rings is 3. The second-order valence-electron chi connectivity index (χ2n) is 9.37. The fraction of sp³-hybridized carbons (Fsp3) is 0.233. The van der Waals surface area contributed by atoms with Gasteiger partial charge in [0.25, 0.3) is 0 Å². The lowest BCUT2D eigenvalue weighted by Gasteiger charge is -2.51. The summed E-state index contributed by atoms with van der Waals surface area (Å²) in [4.78, 5) is 43.0. The van der Waals surface area contributed by atoms with E-state index in [0.29, 0.717) is 16.0 Å². The van der Waals surface area contributed by atoms with Crippen LogP contribution in [0.3, 0.4) is 0 Å². The van der Waals surface area contributed by atoms with Crippen molar-refractivity contribution in [2.24, 2.45) is 0 Å². The molecule has 0 saturated carbocycles. The van der Waals surface area contributed by atoms with Gasteiger partial charge in [-0.3, -0.25) is 9.59 Å². The molecule has 0 spiro atoms. The lowest BCUT2D eigenvalue weighted by atomic mass is 9.88. The van der Waals surface area contributed by atoms with Gasteiger partial charge in [0, 0.05) is 30.8 Å². The van der Waals surface area contributed by atoms with Crippen molar-refractivity contribution in [1.29, 1.82) is 0 Å². The molecule has 4 amide bonds. The van der Waals surface area contributed by atoms with Gasteiger partial charge in [0.1, 0.15) is 17.0 Å². The zero-order chi connectivity index (χ0) is 27.0. The molecule has 2 fully saturated rings. The quantitative estimate of drug-likeness (QED) is 0.441. The van der Waals surface area contributed by atoms with Gasteiger partial charge in [-0.15, -0.1) is 0 Å². The third kappa shape index (κ3) is 5.10. The zero-order valence-electron chi connectivity index (χ0n) is 20.4. The Morgan fingerprint density at radius 3 is 2.10 bits per heavy atom. The highest BCUT2D eigenvalue weighted by Gasteiger charge is 2.55. The molecule has 0 aliphatic carbocycles. The number of nitrogens with zero attached hydrogens (tertiary/aromatic N) is 3. The molecule has 200 valence electrons. The first kappa shape index (κ1) is 27.5. The summed E-state index contributed by atoms with van der Waals surface area (Å²) in [6, 6.07) is 15.5. The second-order valence-corrected chi connectivity index (χ2v) is 9.37. The van der Waals surface area contributed by atoms with Crippen LogP contribution in [0.25, 0.3) is 0 Å². The van der Waals surface area contributed by atoms with Crippen LogP contribution < -0.4 is 4.90 Å². The average Bonchev–Trinajstić information content (AvgIpc) is 2.88. The Labute approximate surface area is 224 Å². The van der Waals surface area contributed by atoms with E-state index in [1.807, 2.05) is 6.07 Å². The number of urea groups is 1. The van der Waals surface area contributed by atoms with Crippen LogP contribution in [0, 0.1) is 29.3 Å². The third-order valence-electron chi connectivity index (χ3n) is 6.76. The van der Waals surface area contributed by atoms with Crippen LogP contribution in [0.5, 0.6) is 0 Å². The topological polar surface area (TPSA) is 60.9 Å². The molecule has 2 aliphatic heterocycles. The number of imide groups is 1. The minimum Gasteiger partial charge on any atom is -0.335 e. The van der Waals surface area contributed by atoms with Gasteiger partial charge < -0.3 is 9.80 Å². The van der Waals surface area contributed by atoms with E-state index < -0.39 is 52.9 Å². The molecule has 1 atom stereocenters. The van der Waals surface area contributed by atoms with Crippen LogP contribution in [0.15, 0.2) is 66.7 Å². The number of fused-ring (bicyclic) bond motifs is 1. The predicted octanol–water partition coefficient (Wildman–Crippen LogP) is 5.10. The standard InChI is InChI=1S/C29H22F3N3O3.CH4/c1-29-17-25(36)35(26-23(31)15-21(16-24(26)32)8-7-19-5-3-2-4-6-19)28(38)34(29)14-13-33(27(29)37)18-20-9-11-22(30)12-10-20;/h2-6,9-12,15-16H,13-14,17-18H2,1H3;1H4/t29-;/m0./s1. The fourth-order valence-corrected chi connectivity index (χ4v) is 4.80. The molecule has 3 aromatic rings. The highest BCUT2D eigenvalue weighted by Crippen LogP contribution is 2.37. The summed E-state index contributed by atoms with van der Waals surface area (Å²) in [5.74, 6) is 1.48. The minimum absolute atomic E-state index is 0. The largest absolute Gasteiger partial charge is 0.335 e. The maximum Gasteiger partial charge on any atom is 0.332 e. The molecule has 0 bridgehead atoms. The van der Waals surface area contributed by atoms with Crippen molar-refractivity contribution in [3.63, 3.8) is 0 Å². The molecule has 0 unspecified atom stereocenters. The molecule has 6 nitrogen and oxygen atoms in total. The first-order chi connectivity index (χ1) is 18.2. The highest BCUT2D eigenvalue weighted by atomic mass is 19.1. The van der Waals surface area contributed by atoms with Crippen LogP contribution in [-0.4, -0.2) is 46.3 Å². The van der Waals surface area contributed by atoms with Crippen LogP contribution in [0.4, 0.5) is 23.7 Å². The molecule has 9 heteroatoms. The summed E-state index contributed by atoms with van der Waals surface area (Å²) in [7, 11) is 0. The maximum absolute atomic E-state index is 15.1. The molecule has 0 aromatic heterocycles. The van der Waals surface area contributed by atoms with Crippen LogP contribution >= 0.6 is 0 Å². The third-order valence-corrected chi connectivity index (χ3v) is 6.76. The number of piperazine rings is 1. The summed E-state index contributed by atoms with van der Waals surface area (Å²) in [5, 5.41) is 0. The molecule has 2 aliphatic rings. The molecule has 5 rings (SSSR count). The number of halogens is 3. The van der Waals surface area contributed by atoms with Crippen molar-refractivity contribution in [3.05, 3.63) is 101 Å². The summed E-state index contributed by atoms with van der Waals surface area (Å²) >= 11 is 0. The first-order valence-corrected chi connectivity index (χ1v) is 11.9. The Morgan fingerprint density at radius 2 is 1.46 bits per heavy atom. The van der Waals surface area contributed by atoms with Gasteiger partial charge in [-0.1, -0.05) is 49.6 Å². The van der Waals surface area contributed by atoms with Gasteiger partial charge in [-0.25, -0.2) is 22.9 Å². The second kappa shape index (κ2) is 10.7. The van der Waals surface area contributed by atoms with E-state index in [1.54, 1.807) is 36.4 Å². The van der Waals surface area contributed by atoms with E-state index in [2.05, 4.69) is 11.8 Å². The van der Waals surface area contributed by atoms with E-state index in [-0.39, 0.29) is 32.6 Å². The van der Waals surface area contributed by atoms with Crippen LogP contribution in [0.1, 0.15) is 37.5 Å². The average molecular weight is 534 g/mol. The van der Waals surface area contributed by atoms with Gasteiger partial charge in [0.05, 0.1) is 6.42 Å². The summed E-state index contributed by atoms with van der Waals surface area (Å²) in [6.45, 7) is 1.83. The monoisotopic (exact) mass is 533 g/mol. The van der Waals surface area contributed by atoms with Crippen molar-refractivity contribution in [2.75, 3.05) is 18.0 Å². The lowest BCUT2D eigenvalue weighted by Crippen LogP contribution is -2.72. The molecule has 39 heavy (non-hydrogen) atoms.